The van der Waals surface area contributed by atoms with Crippen molar-refractivity contribution < 1.29 is 13.2 Å². The second kappa shape index (κ2) is 6.39. The number of rotatable bonds is 6. The zero-order valence-corrected chi connectivity index (χ0v) is 11.5. The lowest BCUT2D eigenvalue weighted by Crippen LogP contribution is -2.25. The summed E-state index contributed by atoms with van der Waals surface area (Å²) in [6.45, 7) is 2.75. The van der Waals surface area contributed by atoms with Crippen LogP contribution >= 0.6 is 0 Å². The molecule has 8 heteroatoms. The van der Waals surface area contributed by atoms with E-state index in [-0.39, 0.29) is 22.9 Å². The fourth-order valence-corrected chi connectivity index (χ4v) is 2.23. The summed E-state index contributed by atoms with van der Waals surface area (Å²) < 4.78 is 22.6. The Kier molecular flexibility index (Phi) is 5.13. The van der Waals surface area contributed by atoms with E-state index in [1.807, 2.05) is 6.92 Å². The van der Waals surface area contributed by atoms with Crippen molar-refractivity contribution in [3.05, 3.63) is 18.2 Å². The average molecular weight is 286 g/mol. The first-order chi connectivity index (χ1) is 8.86. The molecule has 0 spiro atoms. The molecule has 0 aliphatic rings. The number of hydrogen-bond donors (Lipinski definition) is 4. The van der Waals surface area contributed by atoms with E-state index in [4.69, 9.17) is 10.9 Å². The molecule has 0 saturated carbocycles. The van der Waals surface area contributed by atoms with Crippen molar-refractivity contribution in [2.45, 2.75) is 18.2 Å². The lowest BCUT2D eigenvalue weighted by molar-refractivity contribution is -0.120. The van der Waals surface area contributed by atoms with E-state index >= 15 is 0 Å². The Balaban J connectivity index is 2.73. The highest BCUT2D eigenvalue weighted by atomic mass is 32.2. The maximum Gasteiger partial charge on any atom is 0.240 e. The van der Waals surface area contributed by atoms with Gasteiger partial charge in [-0.3, -0.25) is 4.79 Å². The monoisotopic (exact) mass is 286 g/mol. The lowest BCUT2D eigenvalue weighted by atomic mass is 10.2. The van der Waals surface area contributed by atoms with Crippen LogP contribution in [0.3, 0.4) is 0 Å². The molecule has 1 rings (SSSR count). The number of amides is 1. The van der Waals surface area contributed by atoms with E-state index in [1.54, 1.807) is 6.07 Å². The fraction of sp³-hybridized carbons (Fsp3) is 0.364. The Bertz CT molecular complexity index is 557. The smallest absolute Gasteiger partial charge is 0.240 e. The fourth-order valence-electron chi connectivity index (χ4n) is 1.54. The maximum absolute atomic E-state index is 11.3. The van der Waals surface area contributed by atoms with Gasteiger partial charge < -0.3 is 16.4 Å². The molecule has 0 aromatic heterocycles. The minimum atomic E-state index is -3.85. The van der Waals surface area contributed by atoms with Gasteiger partial charge in [0.05, 0.1) is 11.4 Å². The number of primary sulfonamides is 1. The SMILES string of the molecule is CCNC(=O)CCNc1cccc(S(N)(=O)=O)c1N. The van der Waals surface area contributed by atoms with Gasteiger partial charge in [0.1, 0.15) is 4.90 Å². The highest BCUT2D eigenvalue weighted by Gasteiger charge is 2.14. The summed E-state index contributed by atoms with van der Waals surface area (Å²) in [5.41, 5.74) is 6.22. The van der Waals surface area contributed by atoms with Gasteiger partial charge in [0, 0.05) is 19.5 Å². The van der Waals surface area contributed by atoms with E-state index in [1.165, 1.54) is 12.1 Å². The first-order valence-corrected chi connectivity index (χ1v) is 7.32. The largest absolute Gasteiger partial charge is 0.396 e. The molecule has 0 bridgehead atoms. The molecule has 0 heterocycles. The summed E-state index contributed by atoms with van der Waals surface area (Å²) in [5, 5.41) is 10.6. The third-order valence-electron chi connectivity index (χ3n) is 2.41. The van der Waals surface area contributed by atoms with Crippen molar-refractivity contribution >= 4 is 27.3 Å². The van der Waals surface area contributed by atoms with Crippen LogP contribution in [0, 0.1) is 0 Å². The minimum Gasteiger partial charge on any atom is -0.396 e. The van der Waals surface area contributed by atoms with Gasteiger partial charge in [-0.2, -0.15) is 0 Å². The molecule has 0 atom stereocenters. The Labute approximate surface area is 112 Å². The molecule has 0 aliphatic carbocycles. The highest BCUT2D eigenvalue weighted by Crippen LogP contribution is 2.25. The van der Waals surface area contributed by atoms with Crippen molar-refractivity contribution in [3.63, 3.8) is 0 Å². The molecule has 1 aromatic rings. The van der Waals surface area contributed by atoms with E-state index in [0.29, 0.717) is 18.8 Å². The predicted octanol–water partition coefficient (Wildman–Crippen LogP) is -0.146. The van der Waals surface area contributed by atoms with Gasteiger partial charge in [-0.1, -0.05) is 6.07 Å². The molecule has 0 aliphatic heterocycles. The van der Waals surface area contributed by atoms with Crippen LogP contribution in [0.4, 0.5) is 11.4 Å². The number of para-hydroxylation sites is 1. The van der Waals surface area contributed by atoms with Gasteiger partial charge in [-0.25, -0.2) is 13.6 Å². The molecule has 7 nitrogen and oxygen atoms in total. The van der Waals surface area contributed by atoms with E-state index in [0.717, 1.165) is 0 Å². The summed E-state index contributed by atoms with van der Waals surface area (Å²) in [5.74, 6) is -0.0869. The van der Waals surface area contributed by atoms with Gasteiger partial charge >= 0.3 is 0 Å². The molecule has 0 fully saturated rings. The van der Waals surface area contributed by atoms with Crippen molar-refractivity contribution in [3.8, 4) is 0 Å². The van der Waals surface area contributed by atoms with E-state index in [9.17, 15) is 13.2 Å². The first-order valence-electron chi connectivity index (χ1n) is 5.78. The topological polar surface area (TPSA) is 127 Å². The van der Waals surface area contributed by atoms with Crippen LogP contribution in [0.5, 0.6) is 0 Å². The Morgan fingerprint density at radius 1 is 1.37 bits per heavy atom. The highest BCUT2D eigenvalue weighted by molar-refractivity contribution is 7.89. The zero-order valence-electron chi connectivity index (χ0n) is 10.6. The van der Waals surface area contributed by atoms with Gasteiger partial charge in [-0.15, -0.1) is 0 Å². The number of nitrogens with two attached hydrogens (primary N) is 2. The molecule has 1 aromatic carbocycles. The van der Waals surface area contributed by atoms with Crippen LogP contribution in [0.15, 0.2) is 23.1 Å². The molecule has 0 unspecified atom stereocenters. The second-order valence-corrected chi connectivity index (χ2v) is 5.42. The molecular formula is C11H18N4O3S. The van der Waals surface area contributed by atoms with Crippen molar-refractivity contribution in [2.75, 3.05) is 24.1 Å². The average Bonchev–Trinajstić information content (AvgIpc) is 2.30. The predicted molar refractivity (Wildman–Crippen MR) is 74.0 cm³/mol. The molecule has 19 heavy (non-hydrogen) atoms. The van der Waals surface area contributed by atoms with Gasteiger partial charge in [0.2, 0.25) is 15.9 Å². The van der Waals surface area contributed by atoms with Crippen LogP contribution in [0.2, 0.25) is 0 Å². The first kappa shape index (κ1) is 15.3. The van der Waals surface area contributed by atoms with Crippen LogP contribution < -0.4 is 21.5 Å². The summed E-state index contributed by atoms with van der Waals surface area (Å²) in [6.07, 6.45) is 0.271. The van der Waals surface area contributed by atoms with Crippen molar-refractivity contribution in [1.29, 1.82) is 0 Å². The molecular weight excluding hydrogens is 268 g/mol. The number of sulfonamides is 1. The Hall–Kier alpha value is -1.80. The number of anilines is 2. The minimum absolute atomic E-state index is 0.0564. The Morgan fingerprint density at radius 3 is 2.63 bits per heavy atom. The van der Waals surface area contributed by atoms with Crippen LogP contribution in [-0.4, -0.2) is 27.4 Å². The molecule has 0 saturated heterocycles. The summed E-state index contributed by atoms with van der Waals surface area (Å²) in [6, 6.07) is 4.49. The summed E-state index contributed by atoms with van der Waals surface area (Å²) in [4.78, 5) is 11.1. The van der Waals surface area contributed by atoms with Gasteiger partial charge in [-0.05, 0) is 19.1 Å². The van der Waals surface area contributed by atoms with Gasteiger partial charge in [0.15, 0.2) is 0 Å². The van der Waals surface area contributed by atoms with Crippen LogP contribution in [0.1, 0.15) is 13.3 Å². The Morgan fingerprint density at radius 2 is 2.05 bits per heavy atom. The lowest BCUT2D eigenvalue weighted by Gasteiger charge is -2.11. The molecule has 0 radical (unpaired) electrons. The number of hydrogen-bond acceptors (Lipinski definition) is 5. The number of carbonyl (C=O) groups excluding carboxylic acids is 1. The summed E-state index contributed by atoms with van der Waals surface area (Å²) in [7, 11) is -3.85. The number of carbonyl (C=O) groups is 1. The van der Waals surface area contributed by atoms with E-state index in [2.05, 4.69) is 10.6 Å². The van der Waals surface area contributed by atoms with Crippen LogP contribution in [0.25, 0.3) is 0 Å². The number of nitrogens with one attached hydrogen (secondary N) is 2. The second-order valence-electron chi connectivity index (χ2n) is 3.89. The van der Waals surface area contributed by atoms with Crippen molar-refractivity contribution in [1.82, 2.24) is 5.32 Å². The van der Waals surface area contributed by atoms with E-state index < -0.39 is 10.0 Å². The third kappa shape index (κ3) is 4.42. The number of nitrogen functional groups attached to an aromatic ring is 1. The van der Waals surface area contributed by atoms with Gasteiger partial charge in [0.25, 0.3) is 0 Å². The molecule has 1 amide bonds. The summed E-state index contributed by atoms with van der Waals surface area (Å²) >= 11 is 0. The van der Waals surface area contributed by atoms with Crippen LogP contribution in [-0.2, 0) is 14.8 Å². The molecule has 106 valence electrons. The standard InChI is InChI=1S/C11H18N4O3S/c1-2-14-10(16)6-7-15-8-4-3-5-9(11(8)12)19(13,17)18/h3-5,15H,2,6-7,12H2,1H3,(H,14,16)(H2,13,17,18). The normalized spacial score (nSPS) is 11.1. The molecule has 6 N–H and O–H groups in total. The quantitative estimate of drug-likeness (QED) is 0.541. The van der Waals surface area contributed by atoms with Crippen molar-refractivity contribution in [2.24, 2.45) is 5.14 Å². The third-order valence-corrected chi connectivity index (χ3v) is 3.38. The number of benzene rings is 1. The zero-order chi connectivity index (χ0) is 14.5. The maximum atomic E-state index is 11.3.